The number of hydrogen-bond donors (Lipinski definition) is 0. The number of allylic oxidation sites excluding steroid dienone is 1. The highest BCUT2D eigenvalue weighted by Gasteiger charge is 1.82. The Balaban J connectivity index is 3.03. The topological polar surface area (TPSA) is 0 Å². The Labute approximate surface area is 38.9 Å². The van der Waals surface area contributed by atoms with E-state index in [9.17, 15) is 4.20 Å². The molecule has 0 aliphatic heterocycles. The molecule has 1 atom stereocenters. The van der Waals surface area contributed by atoms with Crippen LogP contribution in [0.25, 0.3) is 0 Å². The molecule has 0 nitrogen and oxygen atoms in total. The van der Waals surface area contributed by atoms with E-state index in [0.29, 0.717) is 0 Å². The van der Waals surface area contributed by atoms with Crippen molar-refractivity contribution >= 4 is 8.23 Å². The Hall–Kier alpha value is 0.100. The lowest BCUT2D eigenvalue weighted by Gasteiger charge is -1.82. The zero-order valence-corrected chi connectivity index (χ0v) is 4.87. The molecule has 36 valence electrons. The summed E-state index contributed by atoms with van der Waals surface area (Å²) in [7, 11) is -1.28. The molecule has 0 aliphatic rings. The van der Waals surface area contributed by atoms with Gasteiger partial charge in [0.1, 0.15) is 8.23 Å². The Morgan fingerprint density at radius 2 is 2.17 bits per heavy atom. The maximum absolute atomic E-state index is 11.7. The first-order valence-corrected chi connectivity index (χ1v) is 3.53. The Bertz CT molecular complexity index is 49.5. The number of halogens is 1. The first-order chi connectivity index (χ1) is 2.77. The van der Waals surface area contributed by atoms with E-state index in [1.807, 2.05) is 6.92 Å². The van der Waals surface area contributed by atoms with E-state index in [1.165, 1.54) is 0 Å². The summed E-state index contributed by atoms with van der Waals surface area (Å²) in [5.41, 5.74) is 0. The van der Waals surface area contributed by atoms with E-state index in [-0.39, 0.29) is 0 Å². The van der Waals surface area contributed by atoms with Crippen LogP contribution in [-0.4, -0.2) is 6.66 Å². The van der Waals surface area contributed by atoms with Gasteiger partial charge in [0.15, 0.2) is 0 Å². The van der Waals surface area contributed by atoms with Crippen LogP contribution in [0.5, 0.6) is 0 Å². The van der Waals surface area contributed by atoms with Crippen molar-refractivity contribution in [3.05, 3.63) is 11.9 Å². The van der Waals surface area contributed by atoms with Gasteiger partial charge in [-0.1, -0.05) is 6.08 Å². The van der Waals surface area contributed by atoms with Crippen molar-refractivity contribution < 1.29 is 4.20 Å². The van der Waals surface area contributed by atoms with Gasteiger partial charge >= 0.3 is 0 Å². The second-order valence-corrected chi connectivity index (χ2v) is 2.36. The highest BCUT2D eigenvalue weighted by atomic mass is 31.2. The molecule has 0 radical (unpaired) electrons. The third kappa shape index (κ3) is 4.10. The maximum atomic E-state index is 11.7. The smallest absolute Gasteiger partial charge is 0.102 e. The summed E-state index contributed by atoms with van der Waals surface area (Å²) in [6, 6.07) is 0. The summed E-state index contributed by atoms with van der Waals surface area (Å²) in [4.78, 5) is 0. The van der Waals surface area contributed by atoms with Crippen molar-refractivity contribution in [2.24, 2.45) is 0 Å². The normalized spacial score (nSPS) is 15.8. The first kappa shape index (κ1) is 6.10. The zero-order valence-electron chi connectivity index (χ0n) is 3.98. The van der Waals surface area contributed by atoms with Crippen LogP contribution in [0.1, 0.15) is 6.92 Å². The van der Waals surface area contributed by atoms with E-state index in [4.69, 9.17) is 0 Å². The van der Waals surface area contributed by atoms with Crippen LogP contribution in [-0.2, 0) is 0 Å². The van der Waals surface area contributed by atoms with E-state index < -0.39 is 8.23 Å². The van der Waals surface area contributed by atoms with Crippen LogP contribution >= 0.6 is 8.23 Å². The van der Waals surface area contributed by atoms with E-state index in [0.717, 1.165) is 0 Å². The van der Waals surface area contributed by atoms with Crippen molar-refractivity contribution in [1.82, 2.24) is 0 Å². The minimum Gasteiger partial charge on any atom is -0.223 e. The summed E-state index contributed by atoms with van der Waals surface area (Å²) >= 11 is 0. The van der Waals surface area contributed by atoms with Crippen LogP contribution in [0.15, 0.2) is 11.9 Å². The SMILES string of the molecule is CC=CP(C)F. The Morgan fingerprint density at radius 1 is 1.67 bits per heavy atom. The molecule has 0 spiro atoms. The largest absolute Gasteiger partial charge is 0.223 e. The van der Waals surface area contributed by atoms with Gasteiger partial charge in [-0.25, -0.2) is 4.20 Å². The van der Waals surface area contributed by atoms with Gasteiger partial charge < -0.3 is 0 Å². The molecule has 0 bridgehead atoms. The van der Waals surface area contributed by atoms with E-state index in [2.05, 4.69) is 0 Å². The molecule has 0 aromatic heterocycles. The third-order valence-electron chi connectivity index (χ3n) is 0.354. The molecule has 1 unspecified atom stereocenters. The summed E-state index contributed by atoms with van der Waals surface area (Å²) in [6.45, 7) is 3.38. The fourth-order valence-electron chi connectivity index (χ4n) is 0.205. The lowest BCUT2D eigenvalue weighted by Crippen LogP contribution is -1.43. The number of hydrogen-bond acceptors (Lipinski definition) is 0. The molecule has 0 rings (SSSR count). The van der Waals surface area contributed by atoms with Crippen molar-refractivity contribution in [2.75, 3.05) is 6.66 Å². The highest BCUT2D eigenvalue weighted by Crippen LogP contribution is 2.32. The molecule has 0 amide bonds. The van der Waals surface area contributed by atoms with Crippen LogP contribution in [0, 0.1) is 0 Å². The highest BCUT2D eigenvalue weighted by molar-refractivity contribution is 7.54. The first-order valence-electron chi connectivity index (χ1n) is 1.79. The molecule has 0 fully saturated rings. The quantitative estimate of drug-likeness (QED) is 0.450. The Morgan fingerprint density at radius 3 is 2.17 bits per heavy atom. The maximum Gasteiger partial charge on any atom is 0.102 e. The molecule has 0 N–H and O–H groups in total. The predicted molar refractivity (Wildman–Crippen MR) is 28.8 cm³/mol. The summed E-state index contributed by atoms with van der Waals surface area (Å²) in [5.74, 6) is 1.56. The van der Waals surface area contributed by atoms with Gasteiger partial charge in [-0.15, -0.1) is 0 Å². The molecule has 0 saturated carbocycles. The minimum absolute atomic E-state index is 1.28. The van der Waals surface area contributed by atoms with Gasteiger partial charge in [0, 0.05) is 0 Å². The molecule has 0 saturated heterocycles. The van der Waals surface area contributed by atoms with Crippen LogP contribution in [0.2, 0.25) is 0 Å². The third-order valence-corrected chi connectivity index (χ3v) is 1.06. The molecular formula is C4H8FP. The molecule has 0 aromatic rings. The van der Waals surface area contributed by atoms with Crippen LogP contribution in [0.3, 0.4) is 0 Å². The molecular weight excluding hydrogens is 98.0 g/mol. The average molecular weight is 106 g/mol. The summed E-state index contributed by atoms with van der Waals surface area (Å²) < 4.78 is 11.7. The second-order valence-electron chi connectivity index (χ2n) is 1.01. The molecule has 0 heterocycles. The molecule has 2 heteroatoms. The number of rotatable bonds is 1. The summed E-state index contributed by atoms with van der Waals surface area (Å²) in [6.07, 6.45) is 1.73. The Kier molecular flexibility index (Phi) is 3.35. The molecule has 6 heavy (non-hydrogen) atoms. The van der Waals surface area contributed by atoms with Gasteiger partial charge in [0.05, 0.1) is 0 Å². The second kappa shape index (κ2) is 3.30. The van der Waals surface area contributed by atoms with Crippen molar-refractivity contribution in [3.63, 3.8) is 0 Å². The predicted octanol–water partition coefficient (Wildman–Crippen LogP) is 2.52. The van der Waals surface area contributed by atoms with E-state index >= 15 is 0 Å². The van der Waals surface area contributed by atoms with E-state index in [1.54, 1.807) is 18.6 Å². The van der Waals surface area contributed by atoms with Crippen molar-refractivity contribution in [3.8, 4) is 0 Å². The van der Waals surface area contributed by atoms with Crippen LogP contribution in [0.4, 0.5) is 4.20 Å². The monoisotopic (exact) mass is 106 g/mol. The standard InChI is InChI=1S/C4H8FP/c1-3-4-6(2)5/h3-4H,1-2H3. The summed E-state index contributed by atoms with van der Waals surface area (Å²) in [5, 5.41) is 0. The zero-order chi connectivity index (χ0) is 4.99. The minimum atomic E-state index is -1.28. The van der Waals surface area contributed by atoms with Crippen LogP contribution < -0.4 is 0 Å². The fourth-order valence-corrected chi connectivity index (χ4v) is 0.616. The average Bonchev–Trinajstić information content (AvgIpc) is 1.35. The van der Waals surface area contributed by atoms with Gasteiger partial charge in [0.2, 0.25) is 0 Å². The lowest BCUT2D eigenvalue weighted by molar-refractivity contribution is 0.910. The van der Waals surface area contributed by atoms with Gasteiger partial charge in [-0.05, 0) is 19.4 Å². The lowest BCUT2D eigenvalue weighted by atomic mass is 10.8. The van der Waals surface area contributed by atoms with Gasteiger partial charge in [-0.2, -0.15) is 0 Å². The van der Waals surface area contributed by atoms with Crippen molar-refractivity contribution in [2.45, 2.75) is 6.92 Å². The molecule has 0 aromatic carbocycles. The van der Waals surface area contributed by atoms with Gasteiger partial charge in [0.25, 0.3) is 0 Å². The fraction of sp³-hybridized carbons (Fsp3) is 0.500. The molecule has 0 aliphatic carbocycles. The van der Waals surface area contributed by atoms with Crippen molar-refractivity contribution in [1.29, 1.82) is 0 Å². The van der Waals surface area contributed by atoms with Gasteiger partial charge in [-0.3, -0.25) is 0 Å².